The van der Waals surface area contributed by atoms with Crippen molar-refractivity contribution in [3.05, 3.63) is 77.2 Å². The van der Waals surface area contributed by atoms with Crippen LogP contribution in [-0.4, -0.2) is 82.8 Å². The van der Waals surface area contributed by atoms with E-state index in [1.54, 1.807) is 84.9 Å². The van der Waals surface area contributed by atoms with E-state index in [4.69, 9.17) is 9.47 Å². The molecule has 1 fully saturated rings. The lowest BCUT2D eigenvalue weighted by Crippen LogP contribution is -2.58. The first kappa shape index (κ1) is 30.3. The van der Waals surface area contributed by atoms with Crippen molar-refractivity contribution < 1.29 is 32.6 Å². The topological polar surface area (TPSA) is 107 Å². The number of hydrogen-bond donors (Lipinski definition) is 0. The van der Waals surface area contributed by atoms with Crippen LogP contribution in [0.5, 0.6) is 5.75 Å². The highest BCUT2D eigenvalue weighted by molar-refractivity contribution is 6.42. The Morgan fingerprint density at radius 3 is 2.42 bits per heavy atom. The number of nitrogens with zero attached hydrogens (tertiary/aromatic N) is 5. The number of aromatic nitrogens is 3. The number of amides is 2. The number of hydrogen-bond acceptors (Lipinski definition) is 7. The van der Waals surface area contributed by atoms with Crippen molar-refractivity contribution in [3.8, 4) is 16.9 Å². The summed E-state index contributed by atoms with van der Waals surface area (Å²) in [5.74, 6) is -3.10. The summed E-state index contributed by atoms with van der Waals surface area (Å²) in [6.45, 7) is 5.20. The number of benzene rings is 2. The molecule has 2 aromatic heterocycles. The van der Waals surface area contributed by atoms with E-state index in [0.29, 0.717) is 39.0 Å². The Labute approximate surface area is 260 Å². The smallest absolute Gasteiger partial charge is 0.397 e. The molecule has 0 bridgehead atoms. The molecular formula is C31H31B2F2N5O5. The summed E-state index contributed by atoms with van der Waals surface area (Å²) < 4.78 is 44.1. The number of halogens is 2. The zero-order chi connectivity index (χ0) is 32.4. The molecule has 0 radical (unpaired) electrons. The highest BCUT2D eigenvalue weighted by Gasteiger charge is 2.44. The largest absolute Gasteiger partial charge is 0.484 e. The summed E-state index contributed by atoms with van der Waals surface area (Å²) >= 11 is 0. The normalized spacial score (nSPS) is 16.1. The summed E-state index contributed by atoms with van der Waals surface area (Å²) in [6.07, 6.45) is 2.95. The van der Waals surface area contributed by atoms with Crippen LogP contribution < -0.4 is 4.74 Å². The Hall–Kier alpha value is -4.74. The third kappa shape index (κ3) is 5.42. The Morgan fingerprint density at radius 2 is 1.78 bits per heavy atom. The Balaban J connectivity index is 1.22. The zero-order valence-corrected chi connectivity index (χ0v) is 25.9. The fourth-order valence-corrected chi connectivity index (χ4v) is 5.78. The molecule has 230 valence electrons. The monoisotopic (exact) mass is 613 g/mol. The molecule has 1 saturated heterocycles. The number of carbonyl (C=O) groups is 3. The minimum absolute atomic E-state index is 0.198. The van der Waals surface area contributed by atoms with Crippen LogP contribution in [0.25, 0.3) is 22.0 Å². The summed E-state index contributed by atoms with van der Waals surface area (Å²) in [5, 5.41) is 4.27. The molecule has 2 aliphatic heterocycles. The van der Waals surface area contributed by atoms with Crippen LogP contribution in [0.2, 0.25) is 0 Å². The molecular weight excluding hydrogens is 582 g/mol. The maximum absolute atomic E-state index is 15.6. The number of likely N-dealkylation sites (tertiary alicyclic amines) is 1. The molecule has 0 atom stereocenters. The van der Waals surface area contributed by atoms with Gasteiger partial charge < -0.3 is 19.3 Å². The van der Waals surface area contributed by atoms with Gasteiger partial charge in [-0.15, -0.1) is 0 Å². The van der Waals surface area contributed by atoms with Gasteiger partial charge in [-0.1, -0.05) is 0 Å². The fourth-order valence-electron chi connectivity index (χ4n) is 5.78. The summed E-state index contributed by atoms with van der Waals surface area (Å²) in [4.78, 5) is 44.7. The van der Waals surface area contributed by atoms with Crippen LogP contribution in [0.1, 0.15) is 42.4 Å². The molecule has 0 aliphatic carbocycles. The lowest BCUT2D eigenvalue weighted by Gasteiger charge is -2.38. The maximum Gasteiger partial charge on any atom is 0.397 e. The molecule has 45 heavy (non-hydrogen) atoms. The van der Waals surface area contributed by atoms with Crippen LogP contribution in [0, 0.1) is 11.6 Å². The number of carbonyl (C=O) groups excluding carboxylic acids is 3. The molecule has 2 amide bonds. The molecule has 10 nitrogen and oxygen atoms in total. The highest BCUT2D eigenvalue weighted by atomic mass is 19.1. The van der Waals surface area contributed by atoms with Crippen molar-refractivity contribution >= 4 is 44.4 Å². The third-order valence-electron chi connectivity index (χ3n) is 8.06. The molecule has 0 spiro atoms. The average molecular weight is 613 g/mol. The van der Waals surface area contributed by atoms with Gasteiger partial charge in [-0.05, 0) is 68.3 Å². The van der Waals surface area contributed by atoms with Crippen LogP contribution in [-0.2, 0) is 33.3 Å². The quantitative estimate of drug-likeness (QED) is 0.192. The summed E-state index contributed by atoms with van der Waals surface area (Å²) in [5.41, 5.74) is 1.31. The predicted molar refractivity (Wildman–Crippen MR) is 166 cm³/mol. The summed E-state index contributed by atoms with van der Waals surface area (Å²) in [7, 11) is 5.33. The molecule has 14 heteroatoms. The number of ether oxygens (including phenoxy) is 2. The second kappa shape index (κ2) is 10.7. The van der Waals surface area contributed by atoms with Gasteiger partial charge in [0.1, 0.15) is 50.3 Å². The van der Waals surface area contributed by atoms with Crippen molar-refractivity contribution in [1.82, 2.24) is 24.6 Å². The van der Waals surface area contributed by atoms with Gasteiger partial charge in [-0.25, -0.2) is 13.6 Å². The van der Waals surface area contributed by atoms with E-state index in [1.807, 2.05) is 0 Å². The van der Waals surface area contributed by atoms with Gasteiger partial charge in [0.2, 0.25) is 0 Å². The number of esters is 1. The standard InChI is InChI=1S/C31H31B2F2N5O5/c1-30(2,3)45-29(43)28(42)39-12-17(13-39)44-24-8-7-18(20-14-38(4)37-25(20)24)16-10-22(34)21(23(35)11-16)15-40-27(41)19-6-5-9-36-26(19)31(40,32)33/h5-11,14,17H,12-13,15,32-33H2,1-4H3. The van der Waals surface area contributed by atoms with E-state index < -0.39 is 34.4 Å². The number of fused-ring (bicyclic) bond motifs is 2. The van der Waals surface area contributed by atoms with Crippen LogP contribution in [0.15, 0.2) is 48.8 Å². The van der Waals surface area contributed by atoms with Gasteiger partial charge in [0.05, 0.1) is 30.9 Å². The van der Waals surface area contributed by atoms with Crippen molar-refractivity contribution in [2.45, 2.75) is 44.4 Å². The van der Waals surface area contributed by atoms with E-state index in [1.165, 1.54) is 21.9 Å². The Morgan fingerprint density at radius 1 is 1.09 bits per heavy atom. The highest BCUT2D eigenvalue weighted by Crippen LogP contribution is 2.38. The van der Waals surface area contributed by atoms with Gasteiger partial charge in [0.15, 0.2) is 0 Å². The van der Waals surface area contributed by atoms with Crippen molar-refractivity contribution in [2.24, 2.45) is 7.05 Å². The van der Waals surface area contributed by atoms with Gasteiger partial charge in [0, 0.05) is 35.7 Å². The molecule has 0 N–H and O–H groups in total. The first-order valence-corrected chi connectivity index (χ1v) is 14.5. The van der Waals surface area contributed by atoms with E-state index in [0.717, 1.165) is 0 Å². The van der Waals surface area contributed by atoms with Crippen molar-refractivity contribution in [3.63, 3.8) is 0 Å². The molecule has 6 rings (SSSR count). The Bertz CT molecular complexity index is 1860. The van der Waals surface area contributed by atoms with E-state index in [9.17, 15) is 14.4 Å². The van der Waals surface area contributed by atoms with E-state index in [-0.39, 0.29) is 37.2 Å². The number of pyridine rings is 1. The second-order valence-electron chi connectivity index (χ2n) is 12.9. The van der Waals surface area contributed by atoms with Crippen molar-refractivity contribution in [1.29, 1.82) is 0 Å². The van der Waals surface area contributed by atoms with E-state index in [2.05, 4.69) is 10.1 Å². The minimum Gasteiger partial charge on any atom is -0.484 e. The molecule has 4 aromatic rings. The van der Waals surface area contributed by atoms with E-state index >= 15 is 8.78 Å². The first-order valence-electron chi connectivity index (χ1n) is 14.5. The second-order valence-corrected chi connectivity index (χ2v) is 12.9. The molecule has 2 aromatic carbocycles. The third-order valence-corrected chi connectivity index (χ3v) is 8.06. The lowest BCUT2D eigenvalue weighted by atomic mass is 9.59. The number of rotatable bonds is 5. The Kier molecular flexibility index (Phi) is 7.21. The molecule has 0 unspecified atom stereocenters. The van der Waals surface area contributed by atoms with Gasteiger partial charge in [-0.2, -0.15) is 5.10 Å². The lowest BCUT2D eigenvalue weighted by molar-refractivity contribution is -0.171. The van der Waals surface area contributed by atoms with Crippen LogP contribution in [0.4, 0.5) is 8.78 Å². The van der Waals surface area contributed by atoms with Crippen LogP contribution in [0.3, 0.4) is 0 Å². The SMILES string of the molecule is BC1(B)c2ncccc2C(=O)N1Cc1c(F)cc(-c2ccc(OC3CN(C(=O)C(=O)OC(C)(C)C)C3)c3nn(C)cc23)cc1F. The maximum atomic E-state index is 15.6. The predicted octanol–water partition coefficient (Wildman–Crippen LogP) is 1.88. The number of aryl methyl sites for hydroxylation is 1. The van der Waals surface area contributed by atoms with Gasteiger partial charge >= 0.3 is 11.9 Å². The van der Waals surface area contributed by atoms with Gasteiger partial charge in [-0.3, -0.25) is 19.3 Å². The molecule has 0 saturated carbocycles. The van der Waals surface area contributed by atoms with Gasteiger partial charge in [0.25, 0.3) is 5.91 Å². The zero-order valence-electron chi connectivity index (χ0n) is 25.9. The fraction of sp³-hybridized carbons (Fsp3) is 0.323. The van der Waals surface area contributed by atoms with Crippen molar-refractivity contribution in [2.75, 3.05) is 13.1 Å². The molecule has 4 heterocycles. The summed E-state index contributed by atoms with van der Waals surface area (Å²) in [6, 6.07) is 9.21. The van der Waals surface area contributed by atoms with Crippen LogP contribution >= 0.6 is 0 Å². The average Bonchev–Trinajstić information content (AvgIpc) is 3.41. The first-order chi connectivity index (χ1) is 21.1. The minimum atomic E-state index is -0.916. The molecule has 2 aliphatic rings.